The maximum atomic E-state index is 13.9. The van der Waals surface area contributed by atoms with Crippen molar-refractivity contribution >= 4 is 23.5 Å². The molecule has 2 N–H and O–H groups in total. The van der Waals surface area contributed by atoms with E-state index in [4.69, 9.17) is 4.74 Å². The molecule has 164 valence electrons. The minimum atomic E-state index is -0.791. The number of carbonyl (C=O) groups excluding carboxylic acids is 1. The largest absolute Gasteiger partial charge is 0.466 e. The van der Waals surface area contributed by atoms with Gasteiger partial charge in [-0.2, -0.15) is 0 Å². The Kier molecular flexibility index (Phi) is 6.09. The predicted molar refractivity (Wildman–Crippen MR) is 117 cm³/mol. The number of thioether (sulfide) groups is 1. The third-order valence-corrected chi connectivity index (χ3v) is 6.07. The number of nitrogens with one attached hydrogen (secondary N) is 2. The van der Waals surface area contributed by atoms with E-state index in [1.165, 1.54) is 49.2 Å². The molecule has 0 saturated carbocycles. The van der Waals surface area contributed by atoms with Crippen LogP contribution in [0, 0.1) is 11.6 Å². The molecule has 0 spiro atoms. The van der Waals surface area contributed by atoms with Gasteiger partial charge in [-0.25, -0.2) is 18.6 Å². The van der Waals surface area contributed by atoms with E-state index < -0.39 is 23.3 Å². The van der Waals surface area contributed by atoms with Crippen molar-refractivity contribution in [2.75, 3.05) is 12.4 Å². The molecule has 0 saturated heterocycles. The van der Waals surface area contributed by atoms with Crippen molar-refractivity contribution in [2.45, 2.75) is 23.8 Å². The number of carbonyl (C=O) groups is 1. The van der Waals surface area contributed by atoms with E-state index in [0.717, 1.165) is 0 Å². The number of aromatic nitrogens is 2. The molecule has 0 fully saturated rings. The molecule has 2 heterocycles. The fourth-order valence-corrected chi connectivity index (χ4v) is 4.48. The van der Waals surface area contributed by atoms with Crippen LogP contribution in [0.2, 0.25) is 0 Å². The Morgan fingerprint density at radius 3 is 2.56 bits per heavy atom. The summed E-state index contributed by atoms with van der Waals surface area (Å²) in [5.74, 6) is -1.61. The molecule has 1 unspecified atom stereocenters. The van der Waals surface area contributed by atoms with Gasteiger partial charge in [-0.1, -0.05) is 42.1 Å². The number of fused-ring (bicyclic) bond motifs is 1. The van der Waals surface area contributed by atoms with Crippen LogP contribution < -0.4 is 10.9 Å². The topological polar surface area (TPSA) is 84.1 Å². The average Bonchev–Trinajstić information content (AvgIpc) is 2.77. The smallest absolute Gasteiger partial charge is 0.336 e. The van der Waals surface area contributed by atoms with E-state index in [0.29, 0.717) is 22.0 Å². The zero-order chi connectivity index (χ0) is 22.8. The highest BCUT2D eigenvalue weighted by Crippen LogP contribution is 2.40. The van der Waals surface area contributed by atoms with E-state index >= 15 is 0 Å². The summed E-state index contributed by atoms with van der Waals surface area (Å²) in [7, 11) is 1.25. The molecule has 4 rings (SSSR count). The lowest BCUT2D eigenvalue weighted by Gasteiger charge is -2.28. The molecule has 0 aliphatic carbocycles. The molecular formula is C23H19F2N3O3S. The summed E-state index contributed by atoms with van der Waals surface area (Å²) in [5, 5.41) is 3.32. The number of esters is 1. The number of nitrogens with zero attached hydrogens (tertiary/aromatic N) is 1. The van der Waals surface area contributed by atoms with Crippen molar-refractivity contribution in [3.63, 3.8) is 0 Å². The first-order chi connectivity index (χ1) is 15.4. The Labute approximate surface area is 186 Å². The number of halogens is 2. The highest BCUT2D eigenvalue weighted by molar-refractivity contribution is 7.98. The molecule has 2 aromatic carbocycles. The first kappa shape index (κ1) is 21.8. The zero-order valence-corrected chi connectivity index (χ0v) is 18.1. The zero-order valence-electron chi connectivity index (χ0n) is 17.2. The van der Waals surface area contributed by atoms with Gasteiger partial charge < -0.3 is 15.0 Å². The lowest BCUT2D eigenvalue weighted by atomic mass is 9.82. The summed E-state index contributed by atoms with van der Waals surface area (Å²) in [5.41, 5.74) is 1.51. The Bertz CT molecular complexity index is 1270. The number of aromatic amines is 1. The number of anilines is 1. The normalized spacial score (nSPS) is 15.2. The van der Waals surface area contributed by atoms with Crippen LogP contribution >= 0.6 is 11.8 Å². The molecule has 1 aromatic heterocycles. The van der Waals surface area contributed by atoms with Gasteiger partial charge in [0.05, 0.1) is 24.2 Å². The van der Waals surface area contributed by atoms with Crippen LogP contribution in [0.1, 0.15) is 29.5 Å². The Morgan fingerprint density at radius 1 is 1.16 bits per heavy atom. The highest BCUT2D eigenvalue weighted by Gasteiger charge is 2.36. The summed E-state index contributed by atoms with van der Waals surface area (Å²) in [6.07, 6.45) is 0. The molecule has 9 heteroatoms. The molecule has 0 radical (unpaired) electrons. The van der Waals surface area contributed by atoms with Crippen molar-refractivity contribution < 1.29 is 18.3 Å². The monoisotopic (exact) mass is 455 g/mol. The maximum Gasteiger partial charge on any atom is 0.336 e. The van der Waals surface area contributed by atoms with Crippen LogP contribution in [0.4, 0.5) is 14.6 Å². The van der Waals surface area contributed by atoms with E-state index in [2.05, 4.69) is 15.3 Å². The molecule has 6 nitrogen and oxygen atoms in total. The van der Waals surface area contributed by atoms with E-state index in [1.807, 2.05) is 0 Å². The quantitative estimate of drug-likeness (QED) is 0.338. The first-order valence-electron chi connectivity index (χ1n) is 9.71. The van der Waals surface area contributed by atoms with Gasteiger partial charge in [0.15, 0.2) is 5.16 Å². The van der Waals surface area contributed by atoms with Crippen molar-refractivity contribution in [1.29, 1.82) is 0 Å². The number of hydrogen-bond acceptors (Lipinski definition) is 6. The van der Waals surface area contributed by atoms with Gasteiger partial charge in [-0.15, -0.1) is 0 Å². The Balaban J connectivity index is 1.76. The second-order valence-electron chi connectivity index (χ2n) is 7.15. The minimum absolute atomic E-state index is 0.220. The first-order valence-corrected chi connectivity index (χ1v) is 10.7. The number of H-pyrrole nitrogens is 1. The van der Waals surface area contributed by atoms with Gasteiger partial charge in [0, 0.05) is 11.4 Å². The van der Waals surface area contributed by atoms with Gasteiger partial charge in [0.2, 0.25) is 0 Å². The third kappa shape index (κ3) is 4.16. The molecular weight excluding hydrogens is 436 g/mol. The van der Waals surface area contributed by atoms with Crippen LogP contribution in [0.5, 0.6) is 0 Å². The summed E-state index contributed by atoms with van der Waals surface area (Å²) in [6.45, 7) is 1.68. The molecule has 3 aromatic rings. The SMILES string of the molecule is COC(=O)C1=C(C)Nc2nc(SCc3ccccc3F)[nH]c(=O)c2C1c1ccc(F)cc1. The van der Waals surface area contributed by atoms with Gasteiger partial charge in [0.25, 0.3) is 5.56 Å². The van der Waals surface area contributed by atoms with Gasteiger partial charge in [0.1, 0.15) is 17.5 Å². The Morgan fingerprint density at radius 2 is 1.88 bits per heavy atom. The number of ether oxygens (including phenoxy) is 1. The van der Waals surface area contributed by atoms with Crippen molar-refractivity contribution in [3.05, 3.63) is 98.5 Å². The number of methoxy groups -OCH3 is 1. The van der Waals surface area contributed by atoms with E-state index in [9.17, 15) is 18.4 Å². The second-order valence-corrected chi connectivity index (χ2v) is 8.12. The number of rotatable bonds is 5. The molecule has 0 bridgehead atoms. The minimum Gasteiger partial charge on any atom is -0.466 e. The molecule has 1 aliphatic rings. The number of benzene rings is 2. The molecule has 1 aliphatic heterocycles. The highest BCUT2D eigenvalue weighted by atomic mass is 32.2. The fraction of sp³-hybridized carbons (Fsp3) is 0.174. The average molecular weight is 455 g/mol. The summed E-state index contributed by atoms with van der Waals surface area (Å²) in [4.78, 5) is 32.9. The van der Waals surface area contributed by atoms with E-state index in [-0.39, 0.29) is 28.5 Å². The Hall–Kier alpha value is -3.46. The van der Waals surface area contributed by atoms with Gasteiger partial charge in [-0.3, -0.25) is 4.79 Å². The van der Waals surface area contributed by atoms with Gasteiger partial charge in [-0.05, 0) is 36.2 Å². The maximum absolute atomic E-state index is 13.9. The van der Waals surface area contributed by atoms with Crippen molar-refractivity contribution in [3.8, 4) is 0 Å². The van der Waals surface area contributed by atoms with Crippen LogP contribution in [0.25, 0.3) is 0 Å². The molecule has 32 heavy (non-hydrogen) atoms. The third-order valence-electron chi connectivity index (χ3n) is 5.15. The van der Waals surface area contributed by atoms with E-state index in [1.54, 1.807) is 25.1 Å². The fourth-order valence-electron chi connectivity index (χ4n) is 3.63. The number of hydrogen-bond donors (Lipinski definition) is 2. The standard InChI is InChI=1S/C23H19F2N3O3S/c1-12-17(22(30)31-2)18(13-7-9-15(24)10-8-13)19-20(26-12)27-23(28-21(19)29)32-11-14-5-3-4-6-16(14)25/h3-10,18H,11H2,1-2H3,(H2,26,27,28,29). The van der Waals surface area contributed by atoms with Crippen LogP contribution in [-0.4, -0.2) is 23.0 Å². The van der Waals surface area contributed by atoms with Gasteiger partial charge >= 0.3 is 5.97 Å². The van der Waals surface area contributed by atoms with Crippen LogP contribution in [-0.2, 0) is 15.3 Å². The molecule has 1 atom stereocenters. The second kappa shape index (κ2) is 8.96. The van der Waals surface area contributed by atoms with Crippen LogP contribution in [0.15, 0.2) is 69.8 Å². The summed E-state index contributed by atoms with van der Waals surface area (Å²) >= 11 is 1.18. The predicted octanol–water partition coefficient (Wildman–Crippen LogP) is 4.34. The van der Waals surface area contributed by atoms with Crippen molar-refractivity contribution in [2.24, 2.45) is 0 Å². The lowest BCUT2D eigenvalue weighted by Crippen LogP contribution is -2.31. The lowest BCUT2D eigenvalue weighted by molar-refractivity contribution is -0.136. The van der Waals surface area contributed by atoms with Crippen LogP contribution in [0.3, 0.4) is 0 Å². The molecule has 0 amide bonds. The summed E-state index contributed by atoms with van der Waals surface area (Å²) in [6, 6.07) is 11.9. The number of allylic oxidation sites excluding steroid dienone is 1. The summed E-state index contributed by atoms with van der Waals surface area (Å²) < 4.78 is 32.4. The van der Waals surface area contributed by atoms with Crippen molar-refractivity contribution in [1.82, 2.24) is 9.97 Å².